The van der Waals surface area contributed by atoms with E-state index in [0.717, 1.165) is 5.57 Å². The molecule has 1 saturated heterocycles. The number of aromatic nitrogens is 1. The number of carbonyl (C=O) groups excluding carboxylic acids is 3. The second-order valence-electron chi connectivity index (χ2n) is 16.1. The van der Waals surface area contributed by atoms with Crippen molar-refractivity contribution in [3.8, 4) is 0 Å². The Bertz CT molecular complexity index is 1620. The van der Waals surface area contributed by atoms with Gasteiger partial charge in [0, 0.05) is 51.0 Å². The first kappa shape index (κ1) is 39.4. The van der Waals surface area contributed by atoms with Gasteiger partial charge in [0.2, 0.25) is 12.0 Å². The molecule has 294 valence electrons. The molecule has 0 bridgehead atoms. The molecular formula is C39H55NO13. The van der Waals surface area contributed by atoms with Gasteiger partial charge in [0.15, 0.2) is 6.29 Å². The van der Waals surface area contributed by atoms with Gasteiger partial charge < -0.3 is 53.5 Å². The van der Waals surface area contributed by atoms with Crippen LogP contribution in [0.2, 0.25) is 0 Å². The van der Waals surface area contributed by atoms with Crippen molar-refractivity contribution in [1.29, 1.82) is 0 Å². The van der Waals surface area contributed by atoms with Crippen molar-refractivity contribution in [2.24, 2.45) is 34.0 Å². The van der Waals surface area contributed by atoms with Crippen molar-refractivity contribution in [3.63, 3.8) is 0 Å². The third-order valence-corrected chi connectivity index (χ3v) is 13.3. The highest BCUT2D eigenvalue weighted by Gasteiger charge is 2.70. The predicted octanol–water partition coefficient (Wildman–Crippen LogP) is 4.25. The van der Waals surface area contributed by atoms with Crippen LogP contribution in [0.15, 0.2) is 35.1 Å². The lowest BCUT2D eigenvalue weighted by Crippen LogP contribution is -2.69. The number of hydrogen-bond donors (Lipinski definition) is 4. The fourth-order valence-electron chi connectivity index (χ4n) is 10.8. The van der Waals surface area contributed by atoms with Gasteiger partial charge >= 0.3 is 17.9 Å². The van der Waals surface area contributed by atoms with Crippen molar-refractivity contribution >= 4 is 17.9 Å². The maximum atomic E-state index is 13.7. The highest BCUT2D eigenvalue weighted by Crippen LogP contribution is 2.70. The summed E-state index contributed by atoms with van der Waals surface area (Å²) in [6, 6.07) is 3.37. The highest BCUT2D eigenvalue weighted by atomic mass is 16.7. The zero-order valence-electron chi connectivity index (χ0n) is 31.7. The average Bonchev–Trinajstić information content (AvgIpc) is 3.67. The number of nitrogens with one attached hydrogen (secondary N) is 1. The summed E-state index contributed by atoms with van der Waals surface area (Å²) in [6.07, 6.45) is 0.521. The van der Waals surface area contributed by atoms with Crippen LogP contribution < -0.4 is 0 Å². The number of rotatable bonds is 11. The van der Waals surface area contributed by atoms with Gasteiger partial charge in [-0.1, -0.05) is 25.5 Å². The van der Waals surface area contributed by atoms with E-state index >= 15 is 0 Å². The Morgan fingerprint density at radius 1 is 1.08 bits per heavy atom. The van der Waals surface area contributed by atoms with Crippen LogP contribution in [0.1, 0.15) is 89.3 Å². The van der Waals surface area contributed by atoms with Crippen molar-refractivity contribution in [2.75, 3.05) is 27.4 Å². The molecule has 6 rings (SSSR count). The van der Waals surface area contributed by atoms with Crippen LogP contribution in [0, 0.1) is 34.0 Å². The van der Waals surface area contributed by atoms with Crippen molar-refractivity contribution < 1.29 is 62.9 Å². The Labute approximate surface area is 310 Å². The molecule has 12 atom stereocenters. The van der Waals surface area contributed by atoms with Crippen molar-refractivity contribution in [2.45, 2.75) is 117 Å². The second-order valence-corrected chi connectivity index (χ2v) is 16.1. The first-order valence-electron chi connectivity index (χ1n) is 18.6. The van der Waals surface area contributed by atoms with E-state index in [1.54, 1.807) is 26.4 Å². The number of methoxy groups -OCH3 is 2. The first-order chi connectivity index (χ1) is 25.1. The largest absolute Gasteiger partial charge is 0.502 e. The predicted molar refractivity (Wildman–Crippen MR) is 187 cm³/mol. The lowest BCUT2D eigenvalue weighted by atomic mass is 9.38. The number of fused-ring (bicyclic) bond motifs is 3. The summed E-state index contributed by atoms with van der Waals surface area (Å²) < 4.78 is 40.9. The maximum absolute atomic E-state index is 13.7. The molecular weight excluding hydrogens is 690 g/mol. The zero-order chi connectivity index (χ0) is 38.5. The van der Waals surface area contributed by atoms with Gasteiger partial charge in [0.05, 0.1) is 42.5 Å². The monoisotopic (exact) mass is 745 g/mol. The fraction of sp³-hybridized carbons (Fsp3) is 0.718. The van der Waals surface area contributed by atoms with Crippen molar-refractivity contribution in [3.05, 3.63) is 46.5 Å². The van der Waals surface area contributed by atoms with E-state index in [1.165, 1.54) is 6.92 Å². The van der Waals surface area contributed by atoms with Gasteiger partial charge in [0.25, 0.3) is 0 Å². The van der Waals surface area contributed by atoms with Gasteiger partial charge in [0.1, 0.15) is 18.4 Å². The molecule has 3 heterocycles. The van der Waals surface area contributed by atoms with Crippen LogP contribution >= 0.6 is 0 Å². The number of aliphatic hydroxyl groups excluding tert-OH is 3. The Morgan fingerprint density at radius 2 is 1.83 bits per heavy atom. The Hall–Kier alpha value is -3.27. The van der Waals surface area contributed by atoms with E-state index in [0.29, 0.717) is 37.8 Å². The summed E-state index contributed by atoms with van der Waals surface area (Å²) in [4.78, 5) is 41.9. The fourth-order valence-corrected chi connectivity index (χ4v) is 10.8. The van der Waals surface area contributed by atoms with Crippen LogP contribution in [0.25, 0.3) is 0 Å². The maximum Gasteiger partial charge on any atom is 0.376 e. The molecule has 53 heavy (non-hydrogen) atoms. The quantitative estimate of drug-likeness (QED) is 0.143. The minimum absolute atomic E-state index is 0.00534. The minimum atomic E-state index is -1.60. The van der Waals surface area contributed by atoms with Crippen LogP contribution in [-0.2, 0) is 49.4 Å². The number of cyclic esters (lactones) is 1. The number of aromatic amines is 1. The molecule has 14 heteroatoms. The normalized spacial score (nSPS) is 39.8. The summed E-state index contributed by atoms with van der Waals surface area (Å²) in [5, 5.41) is 34.0. The van der Waals surface area contributed by atoms with Crippen LogP contribution in [0.5, 0.6) is 0 Å². The van der Waals surface area contributed by atoms with Crippen molar-refractivity contribution in [1.82, 2.24) is 4.98 Å². The third kappa shape index (κ3) is 6.84. The lowest BCUT2D eigenvalue weighted by molar-refractivity contribution is -0.285. The van der Waals surface area contributed by atoms with Crippen LogP contribution in [0.3, 0.4) is 0 Å². The number of carbonyl (C=O) groups is 3. The smallest absolute Gasteiger partial charge is 0.376 e. The Kier molecular flexibility index (Phi) is 11.2. The van der Waals surface area contributed by atoms with E-state index < -0.39 is 76.5 Å². The number of hydrogen-bond acceptors (Lipinski definition) is 13. The third-order valence-electron chi connectivity index (χ3n) is 13.3. The molecule has 0 amide bonds. The molecule has 3 aliphatic carbocycles. The number of aliphatic hydroxyl groups is 3. The van der Waals surface area contributed by atoms with E-state index in [1.807, 2.05) is 26.8 Å². The molecule has 0 aromatic carbocycles. The Balaban J connectivity index is 1.41. The lowest BCUT2D eigenvalue weighted by Gasteiger charge is -2.68. The summed E-state index contributed by atoms with van der Waals surface area (Å²) in [6.45, 7) is 9.35. The highest BCUT2D eigenvalue weighted by molar-refractivity contribution is 5.89. The molecule has 1 aromatic heterocycles. The van der Waals surface area contributed by atoms with E-state index in [9.17, 15) is 29.7 Å². The molecule has 0 spiro atoms. The molecule has 5 aliphatic rings. The molecule has 14 nitrogen and oxygen atoms in total. The van der Waals surface area contributed by atoms with Gasteiger partial charge in [-0.15, -0.1) is 0 Å². The molecule has 0 radical (unpaired) electrons. The SMILES string of the molecule is COCc1ccc(C(=O)OC[C@@]2(CO[C@H]3CC[C@@H](OC)[C@H](C)O3)[C@H]3CC[C@@]4(C)[C@H](C5=C(O)C(=O)O[C@H]5O)C(C)=CC[C@H]4[C@]3(C)[C@@H](O)C[C@H]2OC(C)=O)[nH]1. The summed E-state index contributed by atoms with van der Waals surface area (Å²) >= 11 is 0. The van der Waals surface area contributed by atoms with Gasteiger partial charge in [-0.2, -0.15) is 0 Å². The zero-order valence-corrected chi connectivity index (χ0v) is 31.7. The van der Waals surface area contributed by atoms with E-state index in [2.05, 4.69) is 11.9 Å². The Morgan fingerprint density at radius 3 is 2.47 bits per heavy atom. The summed E-state index contributed by atoms with van der Waals surface area (Å²) in [5.74, 6) is -3.95. The summed E-state index contributed by atoms with van der Waals surface area (Å²) in [7, 11) is 3.21. The number of H-pyrrole nitrogens is 1. The molecule has 1 aromatic rings. The molecule has 2 saturated carbocycles. The minimum Gasteiger partial charge on any atom is -0.502 e. The molecule has 4 N–H and O–H groups in total. The van der Waals surface area contributed by atoms with Crippen LogP contribution in [-0.4, -0.2) is 103 Å². The second kappa shape index (κ2) is 15.1. The molecule has 0 unspecified atom stereocenters. The van der Waals surface area contributed by atoms with Gasteiger partial charge in [-0.05, 0) is 68.9 Å². The summed E-state index contributed by atoms with van der Waals surface area (Å²) in [5.41, 5.74) is -0.738. The van der Waals surface area contributed by atoms with Gasteiger partial charge in [-0.3, -0.25) is 4.79 Å². The average molecular weight is 746 g/mol. The molecule has 3 fully saturated rings. The van der Waals surface area contributed by atoms with Crippen LogP contribution in [0.4, 0.5) is 0 Å². The van der Waals surface area contributed by atoms with E-state index in [-0.39, 0.29) is 55.6 Å². The number of ether oxygens (including phenoxy) is 7. The standard InChI is InChI=1S/C39H55NO13/c1-20-8-12-26-37(4,32(20)31-33(43)36(46)53-35(31)45)15-14-27-38(26,5)28(42)16-29(52-22(3)41)39(27,18-49-30-13-11-25(48-7)21(2)51-30)19-50-34(44)24-10-9-23(40-24)17-47-6/h8-10,21,25-30,32,35,40,42-43,45H,11-19H2,1-7H3/t21-,25+,26+,27-,28-,29+,30+,32-,35+,37+,38-,39-/m0/s1. The van der Waals surface area contributed by atoms with Gasteiger partial charge in [-0.25, -0.2) is 9.59 Å². The van der Waals surface area contributed by atoms with E-state index in [4.69, 9.17) is 33.2 Å². The first-order valence-corrected chi connectivity index (χ1v) is 18.6. The number of allylic oxidation sites excluding steroid dienone is 2. The topological polar surface area (TPSA) is 192 Å². The molecule has 2 aliphatic heterocycles. The number of esters is 3.